The van der Waals surface area contributed by atoms with Gasteiger partial charge in [0.2, 0.25) is 11.4 Å². The number of ether oxygens (including phenoxy) is 2. The van der Waals surface area contributed by atoms with Crippen molar-refractivity contribution in [3.8, 4) is 12.8 Å². The van der Waals surface area contributed by atoms with Crippen LogP contribution in [-0.2, 0) is 9.47 Å². The highest BCUT2D eigenvalue weighted by Crippen LogP contribution is 2.34. The summed E-state index contributed by atoms with van der Waals surface area (Å²) < 4.78 is 43.1. The smallest absolute Gasteiger partial charge is 0.207 e. The minimum absolute atomic E-state index is 0.0391. The molecule has 1 aromatic heterocycles. The molecule has 6 nitrogen and oxygen atoms in total. The number of anilines is 1. The second-order valence-corrected chi connectivity index (χ2v) is 4.23. The summed E-state index contributed by atoms with van der Waals surface area (Å²) in [5.74, 6) is -1.98. The summed E-state index contributed by atoms with van der Waals surface area (Å²) >= 11 is 0. The molecule has 1 aliphatic heterocycles. The van der Waals surface area contributed by atoms with E-state index >= 15 is 0 Å². The molecule has 0 saturated carbocycles. The van der Waals surface area contributed by atoms with Crippen molar-refractivity contribution in [1.29, 1.82) is 0 Å². The van der Waals surface area contributed by atoms with E-state index in [1.807, 2.05) is 0 Å². The summed E-state index contributed by atoms with van der Waals surface area (Å²) in [5.41, 5.74) is -0.326. The maximum Gasteiger partial charge on any atom is 0.207 e. The number of nitrogens with one attached hydrogen (secondary N) is 1. The molecule has 1 saturated heterocycles. The third kappa shape index (κ3) is 2.87. The third-order valence-electron chi connectivity index (χ3n) is 2.95. The van der Waals surface area contributed by atoms with Gasteiger partial charge in [-0.3, -0.25) is 0 Å². The molecule has 22 heavy (non-hydrogen) atoms. The second-order valence-electron chi connectivity index (χ2n) is 4.23. The summed E-state index contributed by atoms with van der Waals surface area (Å²) in [6, 6.07) is 1.37. The number of benzene rings is 1. The molecule has 2 aromatic rings. The van der Waals surface area contributed by atoms with Gasteiger partial charge in [-0.15, -0.1) is 12.8 Å². The number of fused-ring (bicyclic) bond motifs is 1. The van der Waals surface area contributed by atoms with E-state index in [0.29, 0.717) is 13.2 Å². The predicted molar refractivity (Wildman–Crippen MR) is 74.0 cm³/mol. The molecular formula is C14H14F2N2O4. The summed E-state index contributed by atoms with van der Waals surface area (Å²) in [6.07, 6.45) is 7.06. The van der Waals surface area contributed by atoms with Crippen LogP contribution in [0.1, 0.15) is 11.9 Å². The number of hydrogen-bond donors (Lipinski definition) is 2. The molecule has 118 valence electrons. The molecule has 0 radical (unpaired) electrons. The summed E-state index contributed by atoms with van der Waals surface area (Å²) in [7, 11) is 0. The molecule has 2 heterocycles. The lowest BCUT2D eigenvalue weighted by atomic mass is 10.1. The number of terminal acetylenes is 1. The maximum atomic E-state index is 14.0. The van der Waals surface area contributed by atoms with E-state index in [1.54, 1.807) is 0 Å². The highest BCUT2D eigenvalue weighted by atomic mass is 19.2. The standard InChI is InChI=1S/C12H12F2N2O4.C2H2/c13-8-6(12-18-3-4-19-12)5-7-10(9(8)14)20-16-11(7)15-1-2-17;1-2/h5,12,17H,1-4H2,(H,15,16);1-2H. The Morgan fingerprint density at radius 1 is 1.27 bits per heavy atom. The van der Waals surface area contributed by atoms with E-state index in [1.165, 1.54) is 6.07 Å². The van der Waals surface area contributed by atoms with Crippen LogP contribution in [0.15, 0.2) is 10.6 Å². The van der Waals surface area contributed by atoms with Crippen LogP contribution < -0.4 is 5.32 Å². The van der Waals surface area contributed by atoms with E-state index in [2.05, 4.69) is 23.3 Å². The molecule has 0 aliphatic carbocycles. The first kappa shape index (κ1) is 16.2. The summed E-state index contributed by atoms with van der Waals surface area (Å²) in [5, 5.41) is 15.4. The molecule has 2 N–H and O–H groups in total. The monoisotopic (exact) mass is 312 g/mol. The number of halogens is 2. The Morgan fingerprint density at radius 2 is 1.95 bits per heavy atom. The zero-order valence-electron chi connectivity index (χ0n) is 11.5. The van der Waals surface area contributed by atoms with Crippen LogP contribution in [0.3, 0.4) is 0 Å². The van der Waals surface area contributed by atoms with E-state index in [4.69, 9.17) is 19.1 Å². The average molecular weight is 312 g/mol. The fourth-order valence-electron chi connectivity index (χ4n) is 2.05. The van der Waals surface area contributed by atoms with Gasteiger partial charge in [-0.2, -0.15) is 4.39 Å². The first-order valence-electron chi connectivity index (χ1n) is 6.41. The number of hydrogen-bond acceptors (Lipinski definition) is 6. The number of aromatic nitrogens is 1. The molecule has 1 fully saturated rings. The minimum Gasteiger partial charge on any atom is -0.395 e. The number of nitrogens with zero attached hydrogens (tertiary/aromatic N) is 1. The Bertz CT molecular complexity index is 666. The van der Waals surface area contributed by atoms with Gasteiger partial charge in [0.1, 0.15) is 0 Å². The first-order chi connectivity index (χ1) is 10.7. The van der Waals surface area contributed by atoms with Gasteiger partial charge in [0.05, 0.1) is 25.2 Å². The van der Waals surface area contributed by atoms with Crippen LogP contribution in [0.2, 0.25) is 0 Å². The van der Waals surface area contributed by atoms with E-state index in [9.17, 15) is 8.78 Å². The van der Waals surface area contributed by atoms with Crippen molar-refractivity contribution in [3.05, 3.63) is 23.3 Å². The average Bonchev–Trinajstić information content (AvgIpc) is 3.20. The fourth-order valence-corrected chi connectivity index (χ4v) is 2.05. The summed E-state index contributed by atoms with van der Waals surface area (Å²) in [4.78, 5) is 0. The molecule has 0 amide bonds. The first-order valence-corrected chi connectivity index (χ1v) is 6.41. The number of aliphatic hydroxyl groups is 1. The van der Waals surface area contributed by atoms with Gasteiger partial charge in [0.25, 0.3) is 0 Å². The molecule has 8 heteroatoms. The Labute approximate surface area is 125 Å². The molecule has 1 aliphatic rings. The molecule has 0 atom stereocenters. The lowest BCUT2D eigenvalue weighted by Gasteiger charge is -2.11. The van der Waals surface area contributed by atoms with Gasteiger partial charge < -0.3 is 24.4 Å². The highest BCUT2D eigenvalue weighted by Gasteiger charge is 2.28. The largest absolute Gasteiger partial charge is 0.395 e. The van der Waals surface area contributed by atoms with Crippen molar-refractivity contribution in [2.24, 2.45) is 0 Å². The quantitative estimate of drug-likeness (QED) is 0.839. The van der Waals surface area contributed by atoms with Crippen LogP contribution in [0.5, 0.6) is 0 Å². The zero-order chi connectivity index (χ0) is 16.1. The van der Waals surface area contributed by atoms with Gasteiger partial charge in [-0.25, -0.2) is 4.39 Å². The van der Waals surface area contributed by atoms with Gasteiger partial charge in [0, 0.05) is 12.1 Å². The third-order valence-corrected chi connectivity index (χ3v) is 2.95. The van der Waals surface area contributed by atoms with Crippen molar-refractivity contribution in [1.82, 2.24) is 5.16 Å². The topological polar surface area (TPSA) is 76.8 Å². The van der Waals surface area contributed by atoms with Crippen LogP contribution in [0.25, 0.3) is 11.0 Å². The Hall–Kier alpha value is -2.21. The molecule has 0 unspecified atom stereocenters. The van der Waals surface area contributed by atoms with E-state index in [-0.39, 0.29) is 35.5 Å². The van der Waals surface area contributed by atoms with Gasteiger partial charge in [-0.1, -0.05) is 5.16 Å². The van der Waals surface area contributed by atoms with Crippen molar-refractivity contribution in [2.75, 3.05) is 31.7 Å². The fraction of sp³-hybridized carbons (Fsp3) is 0.357. The Balaban J connectivity index is 0.000000847. The normalized spacial score (nSPS) is 14.8. The molecule has 0 spiro atoms. The van der Waals surface area contributed by atoms with Crippen LogP contribution in [0.4, 0.5) is 14.6 Å². The van der Waals surface area contributed by atoms with Crippen LogP contribution in [0, 0.1) is 24.5 Å². The molecule has 3 rings (SSSR count). The van der Waals surface area contributed by atoms with Crippen molar-refractivity contribution >= 4 is 16.8 Å². The van der Waals surface area contributed by atoms with Crippen LogP contribution >= 0.6 is 0 Å². The van der Waals surface area contributed by atoms with E-state index < -0.39 is 17.9 Å². The molecular weight excluding hydrogens is 298 g/mol. The van der Waals surface area contributed by atoms with E-state index in [0.717, 1.165) is 0 Å². The van der Waals surface area contributed by atoms with Crippen molar-refractivity contribution < 1.29 is 27.9 Å². The molecule has 1 aromatic carbocycles. The van der Waals surface area contributed by atoms with Crippen molar-refractivity contribution in [2.45, 2.75) is 6.29 Å². The second kappa shape index (κ2) is 7.17. The Morgan fingerprint density at radius 3 is 2.59 bits per heavy atom. The Kier molecular flexibility index (Phi) is 5.27. The lowest BCUT2D eigenvalue weighted by molar-refractivity contribution is -0.0467. The summed E-state index contributed by atoms with van der Waals surface area (Å²) in [6.45, 7) is 0.734. The van der Waals surface area contributed by atoms with Crippen LogP contribution in [-0.4, -0.2) is 36.6 Å². The molecule has 0 bridgehead atoms. The number of rotatable bonds is 4. The maximum absolute atomic E-state index is 14.0. The minimum atomic E-state index is -1.14. The lowest BCUT2D eigenvalue weighted by Crippen LogP contribution is -2.07. The number of aliphatic hydroxyl groups excluding tert-OH is 1. The highest BCUT2D eigenvalue weighted by molar-refractivity contribution is 5.89. The van der Waals surface area contributed by atoms with Crippen molar-refractivity contribution in [3.63, 3.8) is 0 Å². The zero-order valence-corrected chi connectivity index (χ0v) is 11.5. The van der Waals surface area contributed by atoms with Gasteiger partial charge in [0.15, 0.2) is 17.9 Å². The van der Waals surface area contributed by atoms with Gasteiger partial charge >= 0.3 is 0 Å². The predicted octanol–water partition coefficient (Wildman–Crippen LogP) is 1.80. The SMILES string of the molecule is C#C.OCCNc1noc2c(F)c(F)c(C3OCCO3)cc12. The van der Waals surface area contributed by atoms with Gasteiger partial charge in [-0.05, 0) is 6.07 Å².